The number of rotatable bonds is 6. The van der Waals surface area contributed by atoms with E-state index in [0.29, 0.717) is 12.8 Å². The van der Waals surface area contributed by atoms with Gasteiger partial charge in [0.15, 0.2) is 0 Å². The summed E-state index contributed by atoms with van der Waals surface area (Å²) in [5, 5.41) is 0. The minimum atomic E-state index is -0.261. The van der Waals surface area contributed by atoms with E-state index in [-0.39, 0.29) is 67.5 Å². The van der Waals surface area contributed by atoms with Crippen LogP contribution >= 0.6 is 12.2 Å². The predicted octanol–water partition coefficient (Wildman–Crippen LogP) is -0.442. The molecule has 0 unspecified atom stereocenters. The van der Waals surface area contributed by atoms with Gasteiger partial charge >= 0.3 is 51.4 Å². The number of carbonyl (C=O) groups excluding carboxylic acids is 2. The van der Waals surface area contributed by atoms with Crippen molar-refractivity contribution >= 4 is 41.0 Å². The number of nitrogens with zero attached hydrogens (tertiary/aromatic N) is 1. The van der Waals surface area contributed by atoms with Crippen molar-refractivity contribution in [1.29, 1.82) is 0 Å². The number of carbonyl (C=O) groups is 2. The third kappa shape index (κ3) is 8.75. The number of thiocarbonyl (C=S) groups is 1. The molecule has 17 heavy (non-hydrogen) atoms. The van der Waals surface area contributed by atoms with Crippen LogP contribution in [0.2, 0.25) is 0 Å². The molecule has 0 saturated carbocycles. The molecule has 0 N–H and O–H groups in total. The van der Waals surface area contributed by atoms with E-state index in [0.717, 1.165) is 30.6 Å². The van der Waals surface area contributed by atoms with Crippen molar-refractivity contribution in [3.63, 3.8) is 0 Å². The molecule has 2 amide bonds. The molecule has 0 aliphatic carbocycles. The van der Waals surface area contributed by atoms with Crippen LogP contribution in [0.1, 0.15) is 52.4 Å². The summed E-state index contributed by atoms with van der Waals surface area (Å²) in [6.07, 6.45) is 4.01. The summed E-state index contributed by atoms with van der Waals surface area (Å²) in [6, 6.07) is 0. The standard InChI is InChI=1S/C11H19NO2S2.K/c1-3-5-7-9(13)12(11(15)16)10(14)8-6-4-2;/h3-8H2,1-2H3,(H,15,16);/q;+1/p-1. The van der Waals surface area contributed by atoms with E-state index in [1.807, 2.05) is 13.8 Å². The van der Waals surface area contributed by atoms with E-state index in [1.54, 1.807) is 0 Å². The molecule has 0 aliphatic rings. The molecular weight excluding hydrogens is 281 g/mol. The van der Waals surface area contributed by atoms with Crippen LogP contribution in [0.25, 0.3) is 0 Å². The SMILES string of the molecule is CCCCC(=O)N(C(=O)CCCC)C(=S)[S-].[K+]. The molecule has 0 radical (unpaired) electrons. The Balaban J connectivity index is 0. The average Bonchev–Trinajstić information content (AvgIpc) is 2.23. The molecule has 0 atom stereocenters. The molecule has 0 aromatic carbocycles. The number of hydrogen-bond donors (Lipinski definition) is 0. The molecule has 0 bridgehead atoms. The fraction of sp³-hybridized carbons (Fsp3) is 0.727. The van der Waals surface area contributed by atoms with Gasteiger partial charge in [-0.05, 0) is 17.2 Å². The summed E-state index contributed by atoms with van der Waals surface area (Å²) >= 11 is 9.54. The second kappa shape index (κ2) is 12.1. The van der Waals surface area contributed by atoms with E-state index < -0.39 is 0 Å². The Morgan fingerprint density at radius 2 is 1.41 bits per heavy atom. The van der Waals surface area contributed by atoms with Crippen molar-refractivity contribution in [3.8, 4) is 0 Å². The van der Waals surface area contributed by atoms with E-state index in [2.05, 4.69) is 0 Å². The Bertz CT molecular complexity index is 252. The van der Waals surface area contributed by atoms with Crippen molar-refractivity contribution in [2.24, 2.45) is 0 Å². The Morgan fingerprint density at radius 1 is 1.06 bits per heavy atom. The third-order valence-electron chi connectivity index (χ3n) is 2.17. The molecule has 0 aromatic rings. The summed E-state index contributed by atoms with van der Waals surface area (Å²) in [4.78, 5) is 24.4. The summed E-state index contributed by atoms with van der Waals surface area (Å²) < 4.78 is -0.0535. The molecule has 3 nitrogen and oxygen atoms in total. The first kappa shape index (κ1) is 20.4. The summed E-state index contributed by atoms with van der Waals surface area (Å²) in [7, 11) is 0. The van der Waals surface area contributed by atoms with Crippen molar-refractivity contribution in [2.45, 2.75) is 52.4 Å². The normalized spacial score (nSPS) is 9.29. The van der Waals surface area contributed by atoms with Gasteiger partial charge in [0.2, 0.25) is 11.8 Å². The number of imide groups is 1. The maximum atomic E-state index is 11.7. The first-order valence-corrected chi connectivity index (χ1v) is 6.43. The van der Waals surface area contributed by atoms with Gasteiger partial charge in [-0.25, -0.2) is 0 Å². The molecule has 0 aromatic heterocycles. The molecule has 92 valence electrons. The second-order valence-corrected chi connectivity index (χ2v) is 4.63. The third-order valence-corrected chi connectivity index (χ3v) is 2.53. The number of amides is 2. The van der Waals surface area contributed by atoms with Crippen LogP contribution in [0.3, 0.4) is 0 Å². The van der Waals surface area contributed by atoms with E-state index in [4.69, 9.17) is 24.8 Å². The van der Waals surface area contributed by atoms with Crippen molar-refractivity contribution < 1.29 is 61.0 Å². The Kier molecular flexibility index (Phi) is 14.6. The van der Waals surface area contributed by atoms with E-state index in [9.17, 15) is 9.59 Å². The fourth-order valence-electron chi connectivity index (χ4n) is 1.22. The van der Waals surface area contributed by atoms with Gasteiger partial charge in [0.1, 0.15) is 0 Å². The van der Waals surface area contributed by atoms with Gasteiger partial charge in [-0.2, -0.15) is 0 Å². The summed E-state index contributed by atoms with van der Waals surface area (Å²) in [5.41, 5.74) is 0. The maximum Gasteiger partial charge on any atom is 1.00 e. The van der Waals surface area contributed by atoms with Crippen LogP contribution < -0.4 is 51.4 Å². The van der Waals surface area contributed by atoms with Gasteiger partial charge in [-0.15, -0.1) is 0 Å². The van der Waals surface area contributed by atoms with Crippen LogP contribution in [-0.2, 0) is 22.2 Å². The molecule has 0 heterocycles. The predicted molar refractivity (Wildman–Crippen MR) is 70.9 cm³/mol. The van der Waals surface area contributed by atoms with Gasteiger partial charge in [0, 0.05) is 12.8 Å². The minimum Gasteiger partial charge on any atom is -0.410 e. The first-order chi connectivity index (χ1) is 7.54. The van der Waals surface area contributed by atoms with Gasteiger partial charge in [0.25, 0.3) is 0 Å². The topological polar surface area (TPSA) is 37.4 Å². The van der Waals surface area contributed by atoms with Crippen molar-refractivity contribution in [1.82, 2.24) is 4.90 Å². The van der Waals surface area contributed by atoms with Crippen molar-refractivity contribution in [3.05, 3.63) is 0 Å². The maximum absolute atomic E-state index is 11.7. The molecule has 0 aliphatic heterocycles. The largest absolute Gasteiger partial charge is 1.00 e. The van der Waals surface area contributed by atoms with Crippen LogP contribution in [0.5, 0.6) is 0 Å². The van der Waals surface area contributed by atoms with Crippen LogP contribution in [-0.4, -0.2) is 21.0 Å². The fourth-order valence-corrected chi connectivity index (χ4v) is 1.63. The molecule has 0 rings (SSSR count). The molecule has 6 heteroatoms. The Labute approximate surface area is 157 Å². The minimum absolute atomic E-state index is 0. The zero-order chi connectivity index (χ0) is 12.6. The zero-order valence-electron chi connectivity index (χ0n) is 10.8. The molecule has 0 fully saturated rings. The van der Waals surface area contributed by atoms with Gasteiger partial charge < -0.3 is 24.8 Å². The summed E-state index contributed by atoms with van der Waals surface area (Å²) in [5.74, 6) is -0.522. The van der Waals surface area contributed by atoms with E-state index in [1.165, 1.54) is 0 Å². The zero-order valence-corrected chi connectivity index (χ0v) is 15.6. The first-order valence-electron chi connectivity index (χ1n) is 5.61. The monoisotopic (exact) mass is 299 g/mol. The van der Waals surface area contributed by atoms with Gasteiger partial charge in [-0.3, -0.25) is 14.5 Å². The number of hydrogen-bond acceptors (Lipinski definition) is 4. The quantitative estimate of drug-likeness (QED) is 0.378. The number of unbranched alkanes of at least 4 members (excludes halogenated alkanes) is 2. The average molecular weight is 300 g/mol. The van der Waals surface area contributed by atoms with Crippen LogP contribution in [0.4, 0.5) is 0 Å². The van der Waals surface area contributed by atoms with Crippen LogP contribution in [0, 0.1) is 0 Å². The van der Waals surface area contributed by atoms with E-state index >= 15 is 0 Å². The smallest absolute Gasteiger partial charge is 0.410 e. The molecular formula is C11H18KNO2S2. The summed E-state index contributed by atoms with van der Waals surface area (Å²) in [6.45, 7) is 3.98. The molecule has 0 saturated heterocycles. The van der Waals surface area contributed by atoms with Crippen LogP contribution in [0.15, 0.2) is 0 Å². The van der Waals surface area contributed by atoms with Gasteiger partial charge in [0.05, 0.1) is 0 Å². The second-order valence-electron chi connectivity index (χ2n) is 3.60. The Morgan fingerprint density at radius 3 is 1.65 bits per heavy atom. The molecule has 0 spiro atoms. The van der Waals surface area contributed by atoms with Crippen molar-refractivity contribution in [2.75, 3.05) is 0 Å². The van der Waals surface area contributed by atoms with Gasteiger partial charge in [-0.1, -0.05) is 26.7 Å². The Hall–Kier alpha value is 1.09.